The quantitative estimate of drug-likeness (QED) is 0.537. The van der Waals surface area contributed by atoms with Crippen molar-refractivity contribution in [2.24, 2.45) is 5.92 Å². The number of rotatable bonds is 6. The van der Waals surface area contributed by atoms with E-state index in [-0.39, 0.29) is 34.6 Å². The fraction of sp³-hybridized carbons (Fsp3) is 0.348. The van der Waals surface area contributed by atoms with E-state index in [0.717, 1.165) is 16.5 Å². The molecule has 4 rings (SSSR count). The largest absolute Gasteiger partial charge is 0.361 e. The molecule has 0 saturated heterocycles. The van der Waals surface area contributed by atoms with E-state index < -0.39 is 10.0 Å². The number of aromatic amines is 1. The molecular formula is C23H26FN3O3S. The second kappa shape index (κ2) is 8.80. The minimum absolute atomic E-state index is 0.0453. The van der Waals surface area contributed by atoms with Gasteiger partial charge in [0.2, 0.25) is 15.9 Å². The van der Waals surface area contributed by atoms with Crippen LogP contribution in [0.25, 0.3) is 10.9 Å². The summed E-state index contributed by atoms with van der Waals surface area (Å²) in [6.45, 7) is 1.87. The zero-order valence-corrected chi connectivity index (χ0v) is 18.1. The Kier molecular flexibility index (Phi) is 6.11. The molecule has 1 amide bonds. The molecule has 0 radical (unpaired) electrons. The van der Waals surface area contributed by atoms with Crippen LogP contribution >= 0.6 is 0 Å². The van der Waals surface area contributed by atoms with Crippen molar-refractivity contribution in [2.45, 2.75) is 49.6 Å². The van der Waals surface area contributed by atoms with Crippen LogP contribution in [0.4, 0.5) is 4.39 Å². The molecule has 1 aromatic heterocycles. The molecule has 0 aliphatic heterocycles. The summed E-state index contributed by atoms with van der Waals surface area (Å²) in [5.41, 5.74) is 1.73. The van der Waals surface area contributed by atoms with Crippen molar-refractivity contribution in [2.75, 3.05) is 0 Å². The lowest BCUT2D eigenvalue weighted by Crippen LogP contribution is -2.41. The molecule has 0 unspecified atom stereocenters. The van der Waals surface area contributed by atoms with Gasteiger partial charge in [0.1, 0.15) is 5.82 Å². The average Bonchev–Trinajstić information content (AvgIpc) is 3.22. The number of halogens is 1. The lowest BCUT2D eigenvalue weighted by molar-refractivity contribution is -0.126. The summed E-state index contributed by atoms with van der Waals surface area (Å²) in [5.74, 6) is -0.507. The van der Waals surface area contributed by atoms with Crippen LogP contribution in [0, 0.1) is 11.7 Å². The van der Waals surface area contributed by atoms with Crippen LogP contribution < -0.4 is 10.0 Å². The van der Waals surface area contributed by atoms with Gasteiger partial charge in [-0.2, -0.15) is 0 Å². The molecule has 1 saturated carbocycles. The number of nitrogens with one attached hydrogen (secondary N) is 3. The molecule has 8 heteroatoms. The Morgan fingerprint density at radius 3 is 2.48 bits per heavy atom. The maximum atomic E-state index is 13.1. The molecule has 2 aromatic carbocycles. The lowest BCUT2D eigenvalue weighted by Gasteiger charge is -2.29. The lowest BCUT2D eigenvalue weighted by atomic mass is 9.85. The van der Waals surface area contributed by atoms with Gasteiger partial charge in [-0.1, -0.05) is 12.1 Å². The van der Waals surface area contributed by atoms with E-state index in [1.54, 1.807) is 36.5 Å². The van der Waals surface area contributed by atoms with E-state index in [4.69, 9.17) is 0 Å². The molecule has 0 spiro atoms. The Balaban J connectivity index is 1.31. The minimum atomic E-state index is -3.62. The number of hydrogen-bond acceptors (Lipinski definition) is 3. The van der Waals surface area contributed by atoms with Gasteiger partial charge in [-0.15, -0.1) is 0 Å². The highest BCUT2D eigenvalue weighted by molar-refractivity contribution is 7.89. The van der Waals surface area contributed by atoms with Crippen molar-refractivity contribution < 1.29 is 17.6 Å². The first-order chi connectivity index (χ1) is 14.8. The first kappa shape index (κ1) is 21.5. The molecule has 1 heterocycles. The number of carbonyl (C=O) groups excluding carboxylic acids is 1. The van der Waals surface area contributed by atoms with Gasteiger partial charge in [-0.3, -0.25) is 4.79 Å². The molecule has 164 valence electrons. The first-order valence-corrected chi connectivity index (χ1v) is 12.0. The Hall–Kier alpha value is -2.71. The highest BCUT2D eigenvalue weighted by Gasteiger charge is 2.29. The number of H-pyrrole nitrogens is 1. The van der Waals surface area contributed by atoms with Gasteiger partial charge in [0.15, 0.2) is 0 Å². The van der Waals surface area contributed by atoms with Crippen LogP contribution in [0.3, 0.4) is 0 Å². The van der Waals surface area contributed by atoms with Crippen LogP contribution in [0.1, 0.15) is 44.2 Å². The Labute approximate surface area is 181 Å². The molecular weight excluding hydrogens is 417 g/mol. The molecule has 1 atom stereocenters. The van der Waals surface area contributed by atoms with Crippen molar-refractivity contribution in [1.82, 2.24) is 15.0 Å². The number of amides is 1. The molecule has 6 nitrogen and oxygen atoms in total. The van der Waals surface area contributed by atoms with E-state index >= 15 is 0 Å². The zero-order chi connectivity index (χ0) is 22.0. The van der Waals surface area contributed by atoms with Crippen molar-refractivity contribution in [3.63, 3.8) is 0 Å². The van der Waals surface area contributed by atoms with E-state index in [1.807, 2.05) is 13.0 Å². The second-order valence-corrected chi connectivity index (χ2v) is 9.89. The smallest absolute Gasteiger partial charge is 0.240 e. The SMILES string of the molecule is C[C@@H](NC(=O)[C@H]1CC[C@H](NS(=O)(=O)c2ccc3[nH]ccc3c2)CC1)c1ccc(F)cc1. The Bertz CT molecular complexity index is 1170. The molecule has 0 bridgehead atoms. The van der Waals surface area contributed by atoms with Crippen LogP contribution in [0.5, 0.6) is 0 Å². The summed E-state index contributed by atoms with van der Waals surface area (Å²) in [7, 11) is -3.62. The minimum Gasteiger partial charge on any atom is -0.361 e. The summed E-state index contributed by atoms with van der Waals surface area (Å²) in [6.07, 6.45) is 4.22. The highest BCUT2D eigenvalue weighted by Crippen LogP contribution is 2.27. The summed E-state index contributed by atoms with van der Waals surface area (Å²) < 4.78 is 41.4. The van der Waals surface area contributed by atoms with Gasteiger partial charge in [-0.05, 0) is 74.6 Å². The van der Waals surface area contributed by atoms with Gasteiger partial charge < -0.3 is 10.3 Å². The van der Waals surface area contributed by atoms with Crippen LogP contribution in [0.15, 0.2) is 59.6 Å². The number of fused-ring (bicyclic) bond motifs is 1. The van der Waals surface area contributed by atoms with E-state index in [1.165, 1.54) is 12.1 Å². The van der Waals surface area contributed by atoms with E-state index in [9.17, 15) is 17.6 Å². The normalized spacial score (nSPS) is 20.5. The predicted octanol–water partition coefficient (Wildman–Crippen LogP) is 4.02. The first-order valence-electron chi connectivity index (χ1n) is 10.5. The van der Waals surface area contributed by atoms with Gasteiger partial charge in [0, 0.05) is 29.1 Å². The summed E-state index contributed by atoms with van der Waals surface area (Å²) in [4.78, 5) is 15.9. The van der Waals surface area contributed by atoms with Crippen molar-refractivity contribution in [1.29, 1.82) is 0 Å². The Morgan fingerprint density at radius 2 is 1.77 bits per heavy atom. The predicted molar refractivity (Wildman–Crippen MR) is 117 cm³/mol. The highest BCUT2D eigenvalue weighted by atomic mass is 32.2. The van der Waals surface area contributed by atoms with Gasteiger partial charge in [-0.25, -0.2) is 17.5 Å². The maximum Gasteiger partial charge on any atom is 0.240 e. The van der Waals surface area contributed by atoms with Gasteiger partial charge in [0.05, 0.1) is 10.9 Å². The average molecular weight is 444 g/mol. The fourth-order valence-electron chi connectivity index (χ4n) is 4.13. The molecule has 3 N–H and O–H groups in total. The van der Waals surface area contributed by atoms with Crippen molar-refractivity contribution in [3.8, 4) is 0 Å². The third-order valence-corrected chi connectivity index (χ3v) is 7.50. The molecule has 1 fully saturated rings. The molecule has 1 aliphatic rings. The fourth-order valence-corrected chi connectivity index (χ4v) is 5.47. The third kappa shape index (κ3) is 4.97. The van der Waals surface area contributed by atoms with Crippen LogP contribution in [-0.4, -0.2) is 25.4 Å². The number of hydrogen-bond donors (Lipinski definition) is 3. The van der Waals surface area contributed by atoms with Crippen LogP contribution in [0.2, 0.25) is 0 Å². The number of sulfonamides is 1. The third-order valence-electron chi connectivity index (χ3n) is 5.98. The summed E-state index contributed by atoms with van der Waals surface area (Å²) in [5, 5.41) is 3.83. The maximum absolute atomic E-state index is 13.1. The summed E-state index contributed by atoms with van der Waals surface area (Å²) >= 11 is 0. The number of carbonyl (C=O) groups is 1. The molecule has 31 heavy (non-hydrogen) atoms. The van der Waals surface area contributed by atoms with E-state index in [2.05, 4.69) is 15.0 Å². The van der Waals surface area contributed by atoms with Crippen molar-refractivity contribution in [3.05, 3.63) is 66.1 Å². The van der Waals surface area contributed by atoms with E-state index in [0.29, 0.717) is 25.7 Å². The second-order valence-electron chi connectivity index (χ2n) is 8.18. The summed E-state index contributed by atoms with van der Waals surface area (Å²) in [6, 6.07) is 12.5. The molecule has 1 aliphatic carbocycles. The number of aromatic nitrogens is 1. The monoisotopic (exact) mass is 443 g/mol. The van der Waals surface area contributed by atoms with Crippen LogP contribution in [-0.2, 0) is 14.8 Å². The van der Waals surface area contributed by atoms with Crippen molar-refractivity contribution >= 4 is 26.8 Å². The topological polar surface area (TPSA) is 91.1 Å². The number of benzene rings is 2. The zero-order valence-electron chi connectivity index (χ0n) is 17.3. The Morgan fingerprint density at radius 1 is 1.06 bits per heavy atom. The standard InChI is InChI=1S/C23H26FN3O3S/c1-15(16-2-6-19(24)7-3-16)26-23(28)17-4-8-20(9-5-17)27-31(29,30)21-10-11-22-18(14-21)12-13-25-22/h2-3,6-7,10-15,17,20,25,27H,4-5,8-9H2,1H3,(H,26,28)/t15-,17-,20-/m1/s1. The van der Waals surface area contributed by atoms with Gasteiger partial charge in [0.25, 0.3) is 0 Å². The molecule has 3 aromatic rings. The van der Waals surface area contributed by atoms with Gasteiger partial charge >= 0.3 is 0 Å².